The molecule has 1 aliphatic heterocycles. The predicted octanol–water partition coefficient (Wildman–Crippen LogP) is 6.29. The molecule has 42 heavy (non-hydrogen) atoms. The van der Waals surface area contributed by atoms with E-state index in [0.717, 1.165) is 80.8 Å². The number of unbranched alkanes of at least 4 members (excludes halogenated alkanes) is 3. The van der Waals surface area contributed by atoms with Gasteiger partial charge in [-0.25, -0.2) is 0 Å². The van der Waals surface area contributed by atoms with Gasteiger partial charge in [-0.15, -0.1) is 0 Å². The molecule has 0 saturated carbocycles. The molecule has 5 rings (SSSR count). The number of nitrogens with zero attached hydrogens (tertiary/aromatic N) is 2. The van der Waals surface area contributed by atoms with Crippen molar-refractivity contribution in [2.24, 2.45) is 0 Å². The number of hydrogen-bond acceptors (Lipinski definition) is 6. The molecule has 0 N–H and O–H groups in total. The summed E-state index contributed by atoms with van der Waals surface area (Å²) in [5.74, 6) is 0. The van der Waals surface area contributed by atoms with Gasteiger partial charge in [0.25, 0.3) is 0 Å². The lowest BCUT2D eigenvalue weighted by atomic mass is 9.84. The van der Waals surface area contributed by atoms with Crippen LogP contribution in [0.3, 0.4) is 0 Å². The van der Waals surface area contributed by atoms with E-state index in [2.05, 4.69) is 30.6 Å². The van der Waals surface area contributed by atoms with Gasteiger partial charge in [-0.2, -0.15) is 0 Å². The van der Waals surface area contributed by atoms with E-state index in [0.29, 0.717) is 5.56 Å². The van der Waals surface area contributed by atoms with Gasteiger partial charge in [-0.3, -0.25) is 19.2 Å². The van der Waals surface area contributed by atoms with E-state index in [4.69, 9.17) is 0 Å². The maximum atomic E-state index is 12.9. The second kappa shape index (κ2) is 12.7. The Hall–Kier alpha value is -4.32. The number of rotatable bonds is 13. The van der Waals surface area contributed by atoms with Gasteiger partial charge in [-0.05, 0) is 60.7 Å². The van der Waals surface area contributed by atoms with Crippen LogP contribution in [0.1, 0.15) is 70.4 Å². The zero-order valence-electron chi connectivity index (χ0n) is 24.7. The van der Waals surface area contributed by atoms with Crippen LogP contribution in [0.15, 0.2) is 79.5 Å². The second-order valence-corrected chi connectivity index (χ2v) is 11.1. The van der Waals surface area contributed by atoms with Crippen molar-refractivity contribution >= 4 is 23.5 Å². The lowest BCUT2D eigenvalue weighted by Gasteiger charge is -2.31. The molecule has 0 bridgehead atoms. The Morgan fingerprint density at radius 3 is 1.95 bits per heavy atom. The first-order valence-electron chi connectivity index (χ1n) is 15.2. The number of para-hydroxylation sites is 1. The Morgan fingerprint density at radius 1 is 0.667 bits per heavy atom. The molecule has 0 amide bonds. The molecule has 0 fully saturated rings. The summed E-state index contributed by atoms with van der Waals surface area (Å²) < 4.78 is 0. The maximum absolute atomic E-state index is 12.9. The van der Waals surface area contributed by atoms with Gasteiger partial charge in [0, 0.05) is 53.4 Å². The summed E-state index contributed by atoms with van der Waals surface area (Å²) in [6, 6.07) is 15.7. The van der Waals surface area contributed by atoms with E-state index in [1.165, 1.54) is 0 Å². The minimum Gasteiger partial charge on any atom is -0.372 e. The first kappa shape index (κ1) is 29.2. The van der Waals surface area contributed by atoms with Gasteiger partial charge >= 0.3 is 0 Å². The molecule has 0 aliphatic carbocycles. The molecule has 6 nitrogen and oxygen atoms in total. The molecule has 1 heterocycles. The van der Waals surface area contributed by atoms with E-state index in [-0.39, 0.29) is 22.3 Å². The van der Waals surface area contributed by atoms with Crippen LogP contribution in [0.25, 0.3) is 34.4 Å². The SMILES string of the molecule is CCCCN(CCCC)c1ccc(-c2c(-c3c(/C=C4\C=Cc5ccccc5N4CCCC)c(=O)c3=O)c(=O)c2=O)cc1. The highest BCUT2D eigenvalue weighted by atomic mass is 16.2. The van der Waals surface area contributed by atoms with Crippen molar-refractivity contribution in [1.82, 2.24) is 0 Å². The summed E-state index contributed by atoms with van der Waals surface area (Å²) >= 11 is 0. The molecule has 0 radical (unpaired) electrons. The Morgan fingerprint density at radius 2 is 1.29 bits per heavy atom. The number of allylic oxidation sites excluding steroid dienone is 1. The van der Waals surface area contributed by atoms with Crippen molar-refractivity contribution in [3.8, 4) is 22.3 Å². The van der Waals surface area contributed by atoms with Crippen LogP contribution in [0.5, 0.6) is 0 Å². The largest absolute Gasteiger partial charge is 0.372 e. The number of anilines is 2. The fourth-order valence-electron chi connectivity index (χ4n) is 5.73. The molecule has 0 saturated heterocycles. The van der Waals surface area contributed by atoms with E-state index in [9.17, 15) is 19.2 Å². The van der Waals surface area contributed by atoms with Gasteiger partial charge < -0.3 is 9.80 Å². The third kappa shape index (κ3) is 5.34. The lowest BCUT2D eigenvalue weighted by Crippen LogP contribution is -2.43. The van der Waals surface area contributed by atoms with Gasteiger partial charge in [0.1, 0.15) is 0 Å². The highest BCUT2D eigenvalue weighted by Crippen LogP contribution is 2.34. The van der Waals surface area contributed by atoms with Crippen LogP contribution < -0.4 is 31.5 Å². The molecule has 216 valence electrons. The molecule has 6 heteroatoms. The first-order chi connectivity index (χ1) is 20.4. The normalized spacial score (nSPS) is 13.8. The summed E-state index contributed by atoms with van der Waals surface area (Å²) in [6.45, 7) is 9.13. The molecule has 0 spiro atoms. The highest BCUT2D eigenvalue weighted by Gasteiger charge is 2.32. The summed E-state index contributed by atoms with van der Waals surface area (Å²) in [5, 5.41) is 0. The second-order valence-electron chi connectivity index (χ2n) is 11.1. The Kier molecular flexibility index (Phi) is 8.81. The van der Waals surface area contributed by atoms with Crippen molar-refractivity contribution in [3.63, 3.8) is 0 Å². The van der Waals surface area contributed by atoms with E-state index in [1.54, 1.807) is 6.08 Å². The molecule has 0 unspecified atom stereocenters. The minimum absolute atomic E-state index is 0.0615. The average Bonchev–Trinajstić information content (AvgIpc) is 3.03. The van der Waals surface area contributed by atoms with Gasteiger partial charge in [0.05, 0.1) is 5.56 Å². The van der Waals surface area contributed by atoms with E-state index < -0.39 is 21.7 Å². The molecule has 0 aromatic heterocycles. The van der Waals surface area contributed by atoms with E-state index >= 15 is 0 Å². The van der Waals surface area contributed by atoms with Crippen molar-refractivity contribution in [1.29, 1.82) is 0 Å². The van der Waals surface area contributed by atoms with Crippen molar-refractivity contribution in [3.05, 3.63) is 112 Å². The molecule has 1 aliphatic rings. The Balaban J connectivity index is 1.51. The summed E-state index contributed by atoms with van der Waals surface area (Å²) in [5.41, 5.74) is 2.42. The Labute approximate surface area is 246 Å². The molecular weight excluding hydrogens is 524 g/mol. The van der Waals surface area contributed by atoms with Gasteiger partial charge in [0.2, 0.25) is 21.7 Å². The maximum Gasteiger partial charge on any atom is 0.235 e. The van der Waals surface area contributed by atoms with Crippen LogP contribution in [0.4, 0.5) is 11.4 Å². The zero-order valence-corrected chi connectivity index (χ0v) is 24.7. The predicted molar refractivity (Wildman–Crippen MR) is 175 cm³/mol. The highest BCUT2D eigenvalue weighted by molar-refractivity contribution is 5.93. The standard InChI is InChI=1S/C36H38N2O4/c1-4-7-20-37(21-8-5-2)26-17-15-25(16-18-26)30-32(36(42)34(30)40)31-28(33(39)35(31)41)23-27-19-14-24-12-10-11-13-29(24)38(27)22-9-6-3/h10-19,23H,4-9,20-22H2,1-3H3/b27-23+. The fourth-order valence-corrected chi connectivity index (χ4v) is 5.73. The molecular formula is C36H38N2O4. The fraction of sp³-hybridized carbons (Fsp3) is 0.333. The van der Waals surface area contributed by atoms with Crippen molar-refractivity contribution in [2.75, 3.05) is 29.4 Å². The quantitative estimate of drug-likeness (QED) is 0.178. The number of hydrogen-bond donors (Lipinski definition) is 0. The van der Waals surface area contributed by atoms with Crippen molar-refractivity contribution in [2.45, 2.75) is 59.3 Å². The zero-order chi connectivity index (χ0) is 29.8. The summed E-state index contributed by atoms with van der Waals surface area (Å²) in [7, 11) is 0. The van der Waals surface area contributed by atoms with E-state index in [1.807, 2.05) is 60.7 Å². The van der Waals surface area contributed by atoms with Crippen LogP contribution in [0.2, 0.25) is 0 Å². The third-order valence-corrected chi connectivity index (χ3v) is 8.19. The monoisotopic (exact) mass is 562 g/mol. The van der Waals surface area contributed by atoms with Gasteiger partial charge in [0.15, 0.2) is 0 Å². The van der Waals surface area contributed by atoms with Crippen LogP contribution >= 0.6 is 0 Å². The van der Waals surface area contributed by atoms with Crippen LogP contribution in [-0.2, 0) is 0 Å². The van der Waals surface area contributed by atoms with Crippen LogP contribution in [0, 0.1) is 0 Å². The number of fused-ring (bicyclic) bond motifs is 1. The summed E-state index contributed by atoms with van der Waals surface area (Å²) in [6.07, 6.45) is 12.0. The average molecular weight is 563 g/mol. The molecule has 4 aromatic carbocycles. The van der Waals surface area contributed by atoms with Gasteiger partial charge in [-0.1, -0.05) is 76.4 Å². The number of benzene rings is 2. The lowest BCUT2D eigenvalue weighted by molar-refractivity contribution is 0.678. The molecule has 4 aromatic rings. The topological polar surface area (TPSA) is 74.8 Å². The summed E-state index contributed by atoms with van der Waals surface area (Å²) in [4.78, 5) is 56.0. The Bertz CT molecular complexity index is 1770. The first-order valence-corrected chi connectivity index (χ1v) is 15.2. The smallest absolute Gasteiger partial charge is 0.235 e. The third-order valence-electron chi connectivity index (χ3n) is 8.19. The molecule has 0 atom stereocenters. The van der Waals surface area contributed by atoms with Crippen LogP contribution in [-0.4, -0.2) is 19.6 Å². The minimum atomic E-state index is -0.711. The van der Waals surface area contributed by atoms with Crippen molar-refractivity contribution < 1.29 is 0 Å².